The van der Waals surface area contributed by atoms with Gasteiger partial charge < -0.3 is 34.1 Å². The van der Waals surface area contributed by atoms with Crippen LogP contribution < -0.4 is 15.1 Å². The number of anilines is 3. The number of carbonyl (C=O) groups excluding carboxylic acids is 1. The minimum absolute atomic E-state index is 0.180. The first kappa shape index (κ1) is 24.8. The highest BCUT2D eigenvalue weighted by Crippen LogP contribution is 2.47. The molecule has 0 aliphatic carbocycles. The first-order valence-corrected chi connectivity index (χ1v) is 12.5. The number of hydrogen-bond acceptors (Lipinski definition) is 11. The third kappa shape index (κ3) is 5.03. The van der Waals surface area contributed by atoms with Crippen molar-refractivity contribution in [2.45, 2.75) is 19.8 Å². The topological polar surface area (TPSA) is 122 Å². The molecule has 0 amide bonds. The number of nitrogens with zero attached hydrogens (tertiary/aromatic N) is 5. The van der Waals surface area contributed by atoms with Crippen LogP contribution in [0.4, 0.5) is 22.4 Å². The Labute approximate surface area is 215 Å². The molecule has 2 saturated heterocycles. The van der Waals surface area contributed by atoms with E-state index in [9.17, 15) is 10.1 Å². The van der Waals surface area contributed by atoms with Crippen LogP contribution in [0.3, 0.4) is 0 Å². The summed E-state index contributed by atoms with van der Waals surface area (Å²) in [4.78, 5) is 26.8. The number of hydrogen-bond donors (Lipinski definition) is 1. The Bertz CT molecular complexity index is 1230. The molecule has 0 saturated carbocycles. The van der Waals surface area contributed by atoms with Crippen molar-refractivity contribution in [1.82, 2.24) is 9.97 Å². The molecule has 2 fully saturated rings. The molecule has 1 aromatic heterocycles. The molecule has 0 bridgehead atoms. The lowest BCUT2D eigenvalue weighted by Crippen LogP contribution is -2.41. The fourth-order valence-electron chi connectivity index (χ4n) is 4.83. The summed E-state index contributed by atoms with van der Waals surface area (Å²) in [5.74, 6) is 1.69. The Kier molecular flexibility index (Phi) is 7.39. The van der Waals surface area contributed by atoms with Gasteiger partial charge in [0.1, 0.15) is 17.4 Å². The van der Waals surface area contributed by atoms with Gasteiger partial charge in [-0.3, -0.25) is 0 Å². The van der Waals surface area contributed by atoms with Gasteiger partial charge in [0.25, 0.3) is 0 Å². The molecule has 4 heterocycles. The van der Waals surface area contributed by atoms with Crippen molar-refractivity contribution in [3.63, 3.8) is 0 Å². The molecule has 0 radical (unpaired) electrons. The van der Waals surface area contributed by atoms with Crippen molar-refractivity contribution in [3.05, 3.63) is 52.4 Å². The average Bonchev–Trinajstić information content (AvgIpc) is 2.94. The molecule has 2 aromatic rings. The molecular weight excluding hydrogens is 476 g/mol. The van der Waals surface area contributed by atoms with Crippen LogP contribution in [0, 0.1) is 11.3 Å². The zero-order valence-electron chi connectivity index (χ0n) is 21.0. The first-order chi connectivity index (χ1) is 18.1. The van der Waals surface area contributed by atoms with E-state index in [1.165, 1.54) is 0 Å². The number of rotatable bonds is 5. The van der Waals surface area contributed by atoms with E-state index in [1.807, 2.05) is 25.1 Å². The Morgan fingerprint density at radius 3 is 2.46 bits per heavy atom. The maximum atomic E-state index is 12.5. The molecule has 1 atom stereocenters. The highest BCUT2D eigenvalue weighted by molar-refractivity contribution is 5.74. The number of nitrogens with one attached hydrogen (secondary N) is 1. The quantitative estimate of drug-likeness (QED) is 0.602. The van der Waals surface area contributed by atoms with Crippen LogP contribution in [0.2, 0.25) is 0 Å². The minimum Gasteiger partial charge on any atom is -0.434 e. The lowest BCUT2D eigenvalue weighted by Gasteiger charge is -2.37. The Hall–Kier alpha value is -3.88. The van der Waals surface area contributed by atoms with Crippen LogP contribution >= 0.6 is 0 Å². The van der Waals surface area contributed by atoms with Gasteiger partial charge in [0.05, 0.1) is 61.8 Å². The zero-order chi connectivity index (χ0) is 25.8. The monoisotopic (exact) mass is 506 g/mol. The van der Waals surface area contributed by atoms with Gasteiger partial charge in [0.2, 0.25) is 5.95 Å². The molecular formula is C26H30N6O5. The van der Waals surface area contributed by atoms with Crippen molar-refractivity contribution >= 4 is 23.7 Å². The number of benzene rings is 1. The predicted octanol–water partition coefficient (Wildman–Crippen LogP) is 2.98. The summed E-state index contributed by atoms with van der Waals surface area (Å²) in [6.45, 7) is 8.75. The standard InChI is InChI=1S/C26H30N6O5/c1-3-36-26(33)37-22-17(2)28-23-21(20(22)19-7-5-4-6-18(19)16-27)24(31-8-12-34-13-9-31)30-25(29-23)32-10-14-35-15-11-32/h4-7,20H,3,8-15H2,1-2H3,(H,28,29,30). The molecule has 11 nitrogen and oxygen atoms in total. The van der Waals surface area contributed by atoms with Crippen LogP contribution in [-0.4, -0.2) is 75.3 Å². The summed E-state index contributed by atoms with van der Waals surface area (Å²) < 4.78 is 22.0. The van der Waals surface area contributed by atoms with E-state index in [-0.39, 0.29) is 6.61 Å². The van der Waals surface area contributed by atoms with Gasteiger partial charge in [-0.25, -0.2) is 4.79 Å². The van der Waals surface area contributed by atoms with Crippen molar-refractivity contribution in [2.75, 3.05) is 74.3 Å². The van der Waals surface area contributed by atoms with Gasteiger partial charge in [-0.05, 0) is 25.5 Å². The molecule has 37 heavy (non-hydrogen) atoms. The number of allylic oxidation sites excluding steroid dienone is 2. The average molecular weight is 507 g/mol. The van der Waals surface area contributed by atoms with Gasteiger partial charge in [-0.2, -0.15) is 15.2 Å². The number of nitriles is 1. The molecule has 1 N–H and O–H groups in total. The van der Waals surface area contributed by atoms with Crippen LogP contribution in [0.1, 0.15) is 36.5 Å². The highest BCUT2D eigenvalue weighted by Gasteiger charge is 2.38. The van der Waals surface area contributed by atoms with Crippen molar-refractivity contribution < 1.29 is 23.7 Å². The van der Waals surface area contributed by atoms with Gasteiger partial charge in [-0.1, -0.05) is 18.2 Å². The second-order valence-electron chi connectivity index (χ2n) is 8.84. The molecule has 3 aliphatic rings. The van der Waals surface area contributed by atoms with E-state index < -0.39 is 12.1 Å². The summed E-state index contributed by atoms with van der Waals surface area (Å²) in [5.41, 5.74) is 2.52. The molecule has 1 unspecified atom stereocenters. The van der Waals surface area contributed by atoms with Crippen molar-refractivity contribution in [1.29, 1.82) is 5.26 Å². The smallest absolute Gasteiger partial charge is 0.434 e. The van der Waals surface area contributed by atoms with E-state index in [4.69, 9.17) is 28.9 Å². The molecule has 5 rings (SSSR count). The minimum atomic E-state index is -0.805. The van der Waals surface area contributed by atoms with Crippen LogP contribution in [-0.2, 0) is 18.9 Å². The van der Waals surface area contributed by atoms with Gasteiger partial charge in [-0.15, -0.1) is 0 Å². The van der Waals surface area contributed by atoms with E-state index in [2.05, 4.69) is 21.2 Å². The second kappa shape index (κ2) is 11.0. The van der Waals surface area contributed by atoms with Crippen molar-refractivity contribution in [2.24, 2.45) is 0 Å². The van der Waals surface area contributed by atoms with Crippen LogP contribution in [0.25, 0.3) is 0 Å². The number of fused-ring (bicyclic) bond motifs is 1. The normalized spacial score (nSPS) is 19.5. The fraction of sp³-hybridized carbons (Fsp3) is 0.462. The van der Waals surface area contributed by atoms with Gasteiger partial charge in [0.15, 0.2) is 0 Å². The Morgan fingerprint density at radius 1 is 1.11 bits per heavy atom. The van der Waals surface area contributed by atoms with E-state index in [0.717, 1.165) is 11.4 Å². The lowest BCUT2D eigenvalue weighted by atomic mass is 9.84. The molecule has 1 aromatic carbocycles. The van der Waals surface area contributed by atoms with E-state index in [1.54, 1.807) is 13.0 Å². The Morgan fingerprint density at radius 2 is 1.78 bits per heavy atom. The second-order valence-corrected chi connectivity index (χ2v) is 8.84. The van der Waals surface area contributed by atoms with Crippen molar-refractivity contribution in [3.8, 4) is 6.07 Å². The highest BCUT2D eigenvalue weighted by atomic mass is 16.7. The van der Waals surface area contributed by atoms with Gasteiger partial charge in [0, 0.05) is 26.2 Å². The molecule has 194 valence electrons. The summed E-state index contributed by atoms with van der Waals surface area (Å²) in [7, 11) is 0. The van der Waals surface area contributed by atoms with Crippen LogP contribution in [0.5, 0.6) is 0 Å². The van der Waals surface area contributed by atoms with E-state index in [0.29, 0.717) is 87.0 Å². The molecule has 0 spiro atoms. The Balaban J connectivity index is 1.71. The summed E-state index contributed by atoms with van der Waals surface area (Å²) in [6, 6.07) is 9.60. The van der Waals surface area contributed by atoms with Crippen LogP contribution in [0.15, 0.2) is 35.7 Å². The lowest BCUT2D eigenvalue weighted by molar-refractivity contribution is 0.0777. The summed E-state index contributed by atoms with van der Waals surface area (Å²) in [5, 5.41) is 13.3. The SMILES string of the molecule is CCOC(=O)OC1=C(C)Nc2nc(N3CCOCC3)nc(N3CCOCC3)c2C1c1ccccc1C#N. The number of aromatic nitrogens is 2. The largest absolute Gasteiger partial charge is 0.513 e. The third-order valence-electron chi connectivity index (χ3n) is 6.59. The van der Waals surface area contributed by atoms with E-state index >= 15 is 0 Å². The summed E-state index contributed by atoms with van der Waals surface area (Å²) in [6.07, 6.45) is -0.805. The maximum absolute atomic E-state index is 12.5. The molecule has 11 heteroatoms. The summed E-state index contributed by atoms with van der Waals surface area (Å²) >= 11 is 0. The number of carbonyl (C=O) groups is 1. The van der Waals surface area contributed by atoms with Gasteiger partial charge >= 0.3 is 6.16 Å². The first-order valence-electron chi connectivity index (χ1n) is 12.5. The number of ether oxygens (including phenoxy) is 4. The maximum Gasteiger partial charge on any atom is 0.513 e. The number of morpholine rings is 2. The fourth-order valence-corrected chi connectivity index (χ4v) is 4.83. The molecule has 3 aliphatic heterocycles. The zero-order valence-corrected chi connectivity index (χ0v) is 21.0. The third-order valence-corrected chi connectivity index (χ3v) is 6.59. The predicted molar refractivity (Wildman–Crippen MR) is 136 cm³/mol.